The number of hydrogen-bond acceptors (Lipinski definition) is 5. The molecule has 8 heteroatoms. The van der Waals surface area contributed by atoms with E-state index >= 15 is 0 Å². The van der Waals surface area contributed by atoms with Crippen molar-refractivity contribution in [2.24, 2.45) is 0 Å². The summed E-state index contributed by atoms with van der Waals surface area (Å²) >= 11 is 0. The Balaban J connectivity index is 1.50. The number of nitrogens with zero attached hydrogens (tertiary/aromatic N) is 3. The summed E-state index contributed by atoms with van der Waals surface area (Å²) in [5.41, 5.74) is 1.77. The Bertz CT molecular complexity index is 958. The lowest BCUT2D eigenvalue weighted by Crippen LogP contribution is -2.48. The smallest absolute Gasteiger partial charge is 0.232 e. The van der Waals surface area contributed by atoms with E-state index in [1.807, 2.05) is 23.1 Å². The Kier molecular flexibility index (Phi) is 7.92. The van der Waals surface area contributed by atoms with Crippen LogP contribution in [-0.2, 0) is 21.4 Å². The van der Waals surface area contributed by atoms with Crippen molar-refractivity contribution in [1.29, 1.82) is 0 Å². The monoisotopic (exact) mass is 445 g/mol. The summed E-state index contributed by atoms with van der Waals surface area (Å²) in [6, 6.07) is 17.3. The number of benzene rings is 2. The third-order valence-corrected chi connectivity index (χ3v) is 6.66. The second-order valence-corrected chi connectivity index (χ2v) is 9.66. The number of para-hydroxylation sites is 2. The van der Waals surface area contributed by atoms with Crippen LogP contribution in [0.2, 0.25) is 0 Å². The summed E-state index contributed by atoms with van der Waals surface area (Å²) in [6.45, 7) is 4.22. The van der Waals surface area contributed by atoms with Crippen molar-refractivity contribution in [3.63, 3.8) is 0 Å². The molecule has 0 aliphatic carbocycles. The van der Waals surface area contributed by atoms with Gasteiger partial charge in [0, 0.05) is 45.7 Å². The molecular formula is C23H31N3O4S. The number of ether oxygens (including phenoxy) is 1. The van der Waals surface area contributed by atoms with Crippen molar-refractivity contribution in [3.8, 4) is 5.75 Å². The Morgan fingerprint density at radius 2 is 1.65 bits per heavy atom. The molecule has 2 aromatic carbocycles. The van der Waals surface area contributed by atoms with Crippen LogP contribution in [0.15, 0.2) is 54.6 Å². The lowest BCUT2D eigenvalue weighted by Gasteiger charge is -2.35. The molecule has 1 amide bonds. The number of anilines is 1. The van der Waals surface area contributed by atoms with E-state index in [9.17, 15) is 13.2 Å². The standard InChI is InChI=1S/C23H31N3O4S/c1-30-22-12-7-6-11-21(22)26(31(2,28)29)14-8-13-23(27)25-17-15-24(16-18-25)19-20-9-4-3-5-10-20/h3-7,9-12H,8,13-19H2,1-2H3. The quantitative estimate of drug-likeness (QED) is 0.593. The molecule has 0 N–H and O–H groups in total. The topological polar surface area (TPSA) is 70.2 Å². The molecule has 0 aromatic heterocycles. The number of sulfonamides is 1. The van der Waals surface area contributed by atoms with Gasteiger partial charge in [-0.25, -0.2) is 8.42 Å². The number of piperazine rings is 1. The summed E-state index contributed by atoms with van der Waals surface area (Å²) in [5, 5.41) is 0. The molecule has 1 fully saturated rings. The first-order valence-corrected chi connectivity index (χ1v) is 12.4. The lowest BCUT2D eigenvalue weighted by atomic mass is 10.2. The number of amides is 1. The molecule has 1 aliphatic rings. The highest BCUT2D eigenvalue weighted by atomic mass is 32.2. The highest BCUT2D eigenvalue weighted by molar-refractivity contribution is 7.92. The second kappa shape index (κ2) is 10.6. The number of rotatable bonds is 9. The Morgan fingerprint density at radius 3 is 2.29 bits per heavy atom. The second-order valence-electron chi connectivity index (χ2n) is 7.75. The largest absolute Gasteiger partial charge is 0.495 e. The minimum Gasteiger partial charge on any atom is -0.495 e. The van der Waals surface area contributed by atoms with Crippen LogP contribution in [0.1, 0.15) is 18.4 Å². The zero-order valence-corrected chi connectivity index (χ0v) is 19.1. The predicted molar refractivity (Wildman–Crippen MR) is 123 cm³/mol. The third kappa shape index (κ3) is 6.45. The fraction of sp³-hybridized carbons (Fsp3) is 0.435. The number of carbonyl (C=O) groups is 1. The van der Waals surface area contributed by atoms with Crippen molar-refractivity contribution < 1.29 is 17.9 Å². The summed E-state index contributed by atoms with van der Waals surface area (Å²) in [6.07, 6.45) is 1.95. The Hall–Kier alpha value is -2.58. The maximum absolute atomic E-state index is 12.7. The molecule has 0 radical (unpaired) electrons. The molecule has 1 aliphatic heterocycles. The van der Waals surface area contributed by atoms with Crippen molar-refractivity contribution in [3.05, 3.63) is 60.2 Å². The van der Waals surface area contributed by atoms with Gasteiger partial charge < -0.3 is 9.64 Å². The zero-order chi connectivity index (χ0) is 22.3. The molecular weight excluding hydrogens is 414 g/mol. The summed E-state index contributed by atoms with van der Waals surface area (Å²) < 4.78 is 31.3. The van der Waals surface area contributed by atoms with Crippen molar-refractivity contribution in [2.45, 2.75) is 19.4 Å². The molecule has 1 heterocycles. The molecule has 1 saturated heterocycles. The molecule has 3 rings (SSSR count). The van der Waals surface area contributed by atoms with Gasteiger partial charge in [-0.1, -0.05) is 42.5 Å². The van der Waals surface area contributed by atoms with Crippen LogP contribution < -0.4 is 9.04 Å². The molecule has 7 nitrogen and oxygen atoms in total. The lowest BCUT2D eigenvalue weighted by molar-refractivity contribution is -0.133. The van der Waals surface area contributed by atoms with E-state index < -0.39 is 10.0 Å². The van der Waals surface area contributed by atoms with E-state index in [1.165, 1.54) is 23.2 Å². The maximum Gasteiger partial charge on any atom is 0.232 e. The maximum atomic E-state index is 12.7. The minimum absolute atomic E-state index is 0.0767. The van der Waals surface area contributed by atoms with Crippen LogP contribution in [0.25, 0.3) is 0 Å². The van der Waals surface area contributed by atoms with Crippen LogP contribution in [0.5, 0.6) is 5.75 Å². The van der Waals surface area contributed by atoms with Crippen LogP contribution in [0.3, 0.4) is 0 Å². The highest BCUT2D eigenvalue weighted by Crippen LogP contribution is 2.29. The van der Waals surface area contributed by atoms with Gasteiger partial charge in [-0.3, -0.25) is 14.0 Å². The molecule has 0 bridgehead atoms. The van der Waals surface area contributed by atoms with Gasteiger partial charge in [-0.05, 0) is 24.1 Å². The van der Waals surface area contributed by atoms with Gasteiger partial charge in [0.25, 0.3) is 0 Å². The Morgan fingerprint density at radius 1 is 1.00 bits per heavy atom. The van der Waals surface area contributed by atoms with E-state index in [0.29, 0.717) is 37.4 Å². The zero-order valence-electron chi connectivity index (χ0n) is 18.2. The molecule has 0 atom stereocenters. The fourth-order valence-corrected chi connectivity index (χ4v) is 4.80. The highest BCUT2D eigenvalue weighted by Gasteiger charge is 2.23. The SMILES string of the molecule is COc1ccccc1N(CCCC(=O)N1CCN(Cc2ccccc2)CC1)S(C)(=O)=O. The van der Waals surface area contributed by atoms with Crippen molar-refractivity contribution in [1.82, 2.24) is 9.80 Å². The van der Waals surface area contributed by atoms with Crippen LogP contribution >= 0.6 is 0 Å². The molecule has 168 valence electrons. The van der Waals surface area contributed by atoms with Gasteiger partial charge >= 0.3 is 0 Å². The molecule has 0 spiro atoms. The Labute approximate surface area is 185 Å². The van der Waals surface area contributed by atoms with Gasteiger partial charge in [0.15, 0.2) is 0 Å². The third-order valence-electron chi connectivity index (χ3n) is 5.48. The van der Waals surface area contributed by atoms with Crippen LogP contribution in [-0.4, -0.2) is 70.2 Å². The first-order valence-electron chi connectivity index (χ1n) is 10.5. The first-order chi connectivity index (χ1) is 14.9. The summed E-state index contributed by atoms with van der Waals surface area (Å²) in [7, 11) is -1.97. The molecule has 0 unspecified atom stereocenters. The van der Waals surface area contributed by atoms with E-state index in [2.05, 4.69) is 17.0 Å². The molecule has 2 aromatic rings. The van der Waals surface area contributed by atoms with E-state index in [1.54, 1.807) is 24.3 Å². The van der Waals surface area contributed by atoms with Gasteiger partial charge in [-0.15, -0.1) is 0 Å². The molecule has 31 heavy (non-hydrogen) atoms. The van der Waals surface area contributed by atoms with Crippen LogP contribution in [0, 0.1) is 0 Å². The normalized spacial score (nSPS) is 15.0. The average Bonchev–Trinajstić information content (AvgIpc) is 2.77. The minimum atomic E-state index is -3.49. The van der Waals surface area contributed by atoms with Gasteiger partial charge in [-0.2, -0.15) is 0 Å². The van der Waals surface area contributed by atoms with E-state index in [4.69, 9.17) is 4.74 Å². The first kappa shape index (κ1) is 23.1. The van der Waals surface area contributed by atoms with Gasteiger partial charge in [0.05, 0.1) is 19.1 Å². The number of carbonyl (C=O) groups excluding carboxylic acids is 1. The van der Waals surface area contributed by atoms with Crippen molar-refractivity contribution >= 4 is 21.6 Å². The van der Waals surface area contributed by atoms with Gasteiger partial charge in [0.1, 0.15) is 5.75 Å². The average molecular weight is 446 g/mol. The van der Waals surface area contributed by atoms with Crippen molar-refractivity contribution in [2.75, 3.05) is 50.4 Å². The summed E-state index contributed by atoms with van der Waals surface area (Å²) in [5.74, 6) is 0.571. The molecule has 0 saturated carbocycles. The number of methoxy groups -OCH3 is 1. The fourth-order valence-electron chi connectivity index (χ4n) is 3.83. The van der Waals surface area contributed by atoms with E-state index in [0.717, 1.165) is 19.6 Å². The summed E-state index contributed by atoms with van der Waals surface area (Å²) in [4.78, 5) is 16.9. The van der Waals surface area contributed by atoms with Crippen LogP contribution in [0.4, 0.5) is 5.69 Å². The van der Waals surface area contributed by atoms with Gasteiger partial charge in [0.2, 0.25) is 15.9 Å². The number of hydrogen-bond donors (Lipinski definition) is 0. The predicted octanol–water partition coefficient (Wildman–Crippen LogP) is 2.59. The van der Waals surface area contributed by atoms with E-state index in [-0.39, 0.29) is 12.5 Å².